The largest absolute Gasteiger partial charge is 0.371 e. The van der Waals surface area contributed by atoms with Crippen LogP contribution < -0.4 is 10.6 Å². The van der Waals surface area contributed by atoms with Crippen molar-refractivity contribution >= 4 is 37.8 Å². The summed E-state index contributed by atoms with van der Waals surface area (Å²) in [5.41, 5.74) is 8.95. The minimum absolute atomic E-state index is 0.119. The molecule has 1 atom stereocenters. The van der Waals surface area contributed by atoms with E-state index in [4.69, 9.17) is 5.73 Å². The third-order valence-electron chi connectivity index (χ3n) is 4.82. The highest BCUT2D eigenvalue weighted by Gasteiger charge is 2.21. The second-order valence-electron chi connectivity index (χ2n) is 6.72. The molecular formula is C19H21N3O2S2. The van der Waals surface area contributed by atoms with E-state index in [9.17, 15) is 8.42 Å². The molecule has 0 spiro atoms. The molecule has 1 aliphatic rings. The van der Waals surface area contributed by atoms with E-state index in [1.54, 1.807) is 17.4 Å². The van der Waals surface area contributed by atoms with Crippen molar-refractivity contribution in [3.63, 3.8) is 0 Å². The summed E-state index contributed by atoms with van der Waals surface area (Å²) in [6, 6.07) is 11.4. The lowest BCUT2D eigenvalue weighted by atomic mass is 10.0. The molecule has 1 fully saturated rings. The number of rotatable bonds is 4. The van der Waals surface area contributed by atoms with Gasteiger partial charge in [-0.05, 0) is 42.0 Å². The van der Waals surface area contributed by atoms with Gasteiger partial charge in [0.25, 0.3) is 0 Å². The van der Waals surface area contributed by atoms with Crippen molar-refractivity contribution in [1.29, 1.82) is 0 Å². The van der Waals surface area contributed by atoms with Gasteiger partial charge in [0, 0.05) is 35.3 Å². The highest BCUT2D eigenvalue weighted by molar-refractivity contribution is 7.90. The second kappa shape index (κ2) is 6.64. The average Bonchev–Trinajstić information content (AvgIpc) is 3.32. The monoisotopic (exact) mass is 387 g/mol. The summed E-state index contributed by atoms with van der Waals surface area (Å²) in [5, 5.41) is 3.09. The number of pyridine rings is 1. The van der Waals surface area contributed by atoms with Crippen LogP contribution in [-0.2, 0) is 9.84 Å². The van der Waals surface area contributed by atoms with E-state index in [1.807, 2.05) is 35.7 Å². The molecule has 1 aliphatic heterocycles. The van der Waals surface area contributed by atoms with Crippen LogP contribution in [0.4, 0.5) is 5.69 Å². The van der Waals surface area contributed by atoms with Crippen LogP contribution in [0.2, 0.25) is 0 Å². The fraction of sp³-hybridized carbons (Fsp3) is 0.316. The minimum Gasteiger partial charge on any atom is -0.371 e. The number of nitrogens with two attached hydrogens (primary N) is 1. The zero-order valence-corrected chi connectivity index (χ0v) is 16.2. The molecule has 3 heterocycles. The number of anilines is 1. The maximum atomic E-state index is 12.1. The Hall–Kier alpha value is -1.96. The summed E-state index contributed by atoms with van der Waals surface area (Å²) in [4.78, 5) is 7.76. The van der Waals surface area contributed by atoms with Crippen molar-refractivity contribution in [3.05, 3.63) is 52.2 Å². The molecule has 2 N–H and O–H groups in total. The van der Waals surface area contributed by atoms with E-state index in [-0.39, 0.29) is 11.1 Å². The predicted molar refractivity (Wildman–Crippen MR) is 107 cm³/mol. The highest BCUT2D eigenvalue weighted by Crippen LogP contribution is 2.33. The van der Waals surface area contributed by atoms with Crippen molar-refractivity contribution in [2.24, 2.45) is 5.73 Å². The lowest BCUT2D eigenvalue weighted by Crippen LogP contribution is -2.19. The first-order valence-electron chi connectivity index (χ1n) is 8.62. The molecular weight excluding hydrogens is 366 g/mol. The fourth-order valence-corrected chi connectivity index (χ4v) is 4.78. The van der Waals surface area contributed by atoms with E-state index in [0.29, 0.717) is 5.52 Å². The molecule has 1 aromatic carbocycles. The van der Waals surface area contributed by atoms with Gasteiger partial charge in [-0.25, -0.2) is 13.4 Å². The van der Waals surface area contributed by atoms with Crippen molar-refractivity contribution in [3.8, 4) is 0 Å². The molecule has 0 aliphatic carbocycles. The van der Waals surface area contributed by atoms with Crippen molar-refractivity contribution in [2.45, 2.75) is 23.9 Å². The average molecular weight is 388 g/mol. The molecule has 1 saturated heterocycles. The van der Waals surface area contributed by atoms with E-state index >= 15 is 0 Å². The third-order valence-corrected chi connectivity index (χ3v) is 6.75. The lowest BCUT2D eigenvalue weighted by Gasteiger charge is -2.21. The number of fused-ring (bicyclic) bond motifs is 1. The summed E-state index contributed by atoms with van der Waals surface area (Å²) in [5.74, 6) is 0. The first-order chi connectivity index (χ1) is 12.4. The fourth-order valence-electron chi connectivity index (χ4n) is 3.44. The number of benzene rings is 1. The summed E-state index contributed by atoms with van der Waals surface area (Å²) in [6.45, 7) is 1.89. The van der Waals surface area contributed by atoms with Crippen molar-refractivity contribution < 1.29 is 8.42 Å². The molecule has 0 radical (unpaired) electrons. The molecule has 5 nitrogen and oxygen atoms in total. The predicted octanol–water partition coefficient (Wildman–Crippen LogP) is 3.35. The number of hydrogen-bond acceptors (Lipinski definition) is 6. The number of aromatic nitrogens is 1. The standard InChI is InChI=1S/C19H21N3O2S2/c1-26(23,24)18-12-16(22-8-2-3-9-22)14-7-6-13(11-15(14)21-18)19(20)17-5-4-10-25-17/h4-7,10-12,19H,2-3,8-9,20H2,1H3. The van der Waals surface area contributed by atoms with Crippen LogP contribution in [0.3, 0.4) is 0 Å². The quantitative estimate of drug-likeness (QED) is 0.743. The molecule has 0 saturated carbocycles. The Bertz CT molecular complexity index is 1040. The Morgan fingerprint density at radius 1 is 1.19 bits per heavy atom. The molecule has 7 heteroatoms. The molecule has 2 aromatic heterocycles. The van der Waals surface area contributed by atoms with Gasteiger partial charge in [0.15, 0.2) is 14.9 Å². The van der Waals surface area contributed by atoms with Gasteiger partial charge in [-0.15, -0.1) is 11.3 Å². The maximum Gasteiger partial charge on any atom is 0.192 e. The van der Waals surface area contributed by atoms with E-state index in [1.165, 1.54) is 6.26 Å². The number of sulfone groups is 1. The van der Waals surface area contributed by atoms with Crippen LogP contribution in [0.1, 0.15) is 29.3 Å². The van der Waals surface area contributed by atoms with Crippen LogP contribution in [0.5, 0.6) is 0 Å². The first kappa shape index (κ1) is 17.5. The Labute approximate surface area is 157 Å². The van der Waals surface area contributed by atoms with E-state index < -0.39 is 9.84 Å². The van der Waals surface area contributed by atoms with E-state index in [0.717, 1.165) is 47.4 Å². The van der Waals surface area contributed by atoms with Crippen molar-refractivity contribution in [2.75, 3.05) is 24.2 Å². The smallest absolute Gasteiger partial charge is 0.192 e. The number of thiophene rings is 1. The zero-order valence-electron chi connectivity index (χ0n) is 14.6. The van der Waals surface area contributed by atoms with Gasteiger partial charge in [0.1, 0.15) is 0 Å². The van der Waals surface area contributed by atoms with Gasteiger partial charge in [0.05, 0.1) is 11.6 Å². The maximum absolute atomic E-state index is 12.1. The minimum atomic E-state index is -3.39. The van der Waals surface area contributed by atoms with Crippen LogP contribution in [-0.4, -0.2) is 32.7 Å². The second-order valence-corrected chi connectivity index (χ2v) is 9.66. The molecule has 136 valence electrons. The van der Waals surface area contributed by atoms with E-state index in [2.05, 4.69) is 9.88 Å². The highest BCUT2D eigenvalue weighted by atomic mass is 32.2. The summed E-state index contributed by atoms with van der Waals surface area (Å²) >= 11 is 1.61. The van der Waals surface area contributed by atoms with Crippen LogP contribution >= 0.6 is 11.3 Å². The summed E-state index contributed by atoms with van der Waals surface area (Å²) in [6.07, 6.45) is 3.45. The normalized spacial score (nSPS) is 16.3. The van der Waals surface area contributed by atoms with Gasteiger partial charge in [-0.3, -0.25) is 0 Å². The van der Waals surface area contributed by atoms with Crippen LogP contribution in [0.25, 0.3) is 10.9 Å². The SMILES string of the molecule is CS(=O)(=O)c1cc(N2CCCC2)c2ccc(C(N)c3cccs3)cc2n1. The van der Waals surface area contributed by atoms with Gasteiger partial charge in [-0.2, -0.15) is 0 Å². The summed E-state index contributed by atoms with van der Waals surface area (Å²) < 4.78 is 24.3. The summed E-state index contributed by atoms with van der Waals surface area (Å²) in [7, 11) is -3.39. The van der Waals surface area contributed by atoms with Gasteiger partial charge in [0.2, 0.25) is 0 Å². The molecule has 1 unspecified atom stereocenters. The molecule has 0 bridgehead atoms. The molecule has 26 heavy (non-hydrogen) atoms. The third kappa shape index (κ3) is 3.22. The van der Waals surface area contributed by atoms with Crippen LogP contribution in [0.15, 0.2) is 46.8 Å². The molecule has 0 amide bonds. The lowest BCUT2D eigenvalue weighted by molar-refractivity contribution is 0.598. The Balaban J connectivity index is 1.88. The topological polar surface area (TPSA) is 76.3 Å². The number of nitrogens with zero attached hydrogens (tertiary/aromatic N) is 2. The zero-order chi connectivity index (χ0) is 18.3. The molecule has 3 aromatic rings. The Morgan fingerprint density at radius 3 is 2.62 bits per heavy atom. The Kier molecular flexibility index (Phi) is 4.46. The first-order valence-corrected chi connectivity index (χ1v) is 11.4. The van der Waals surface area contributed by atoms with Crippen molar-refractivity contribution in [1.82, 2.24) is 4.98 Å². The van der Waals surface area contributed by atoms with Gasteiger partial charge >= 0.3 is 0 Å². The van der Waals surface area contributed by atoms with Crippen LogP contribution in [0, 0.1) is 0 Å². The van der Waals surface area contributed by atoms with Gasteiger partial charge < -0.3 is 10.6 Å². The molecule has 4 rings (SSSR count). The van der Waals surface area contributed by atoms with Gasteiger partial charge in [-0.1, -0.05) is 18.2 Å². The Morgan fingerprint density at radius 2 is 1.96 bits per heavy atom. The number of hydrogen-bond donors (Lipinski definition) is 1.